The van der Waals surface area contributed by atoms with E-state index < -0.39 is 0 Å². The third-order valence-corrected chi connectivity index (χ3v) is 3.15. The van der Waals surface area contributed by atoms with Crippen molar-refractivity contribution in [3.05, 3.63) is 23.8 Å². The number of unbranched alkanes of at least 4 members (excludes halogenated alkanes) is 2. The lowest BCUT2D eigenvalue weighted by Crippen LogP contribution is -2.24. The maximum atomic E-state index is 11.7. The van der Waals surface area contributed by atoms with Gasteiger partial charge in [-0.05, 0) is 30.5 Å². The van der Waals surface area contributed by atoms with Crippen LogP contribution in [-0.4, -0.2) is 26.7 Å². The summed E-state index contributed by atoms with van der Waals surface area (Å²) < 4.78 is 10.4. The van der Waals surface area contributed by atoms with E-state index in [4.69, 9.17) is 9.47 Å². The quantitative estimate of drug-likeness (QED) is 0.707. The van der Waals surface area contributed by atoms with E-state index >= 15 is 0 Å². The van der Waals surface area contributed by atoms with Gasteiger partial charge in [0.05, 0.1) is 14.2 Å². The van der Waals surface area contributed by atoms with Crippen molar-refractivity contribution < 1.29 is 14.3 Å². The minimum atomic E-state index is 0.0999. The number of aryl methyl sites for hydroxylation is 1. The standard InChI is InChI=1S/C16H25NO3/c1-4-5-6-9-17-16(18)8-7-13-10-14(19-2)12-15(11-13)20-3/h10-12H,4-9H2,1-3H3,(H,17,18). The highest BCUT2D eigenvalue weighted by Gasteiger charge is 2.05. The maximum absolute atomic E-state index is 11.7. The van der Waals surface area contributed by atoms with Crippen LogP contribution in [0.5, 0.6) is 11.5 Å². The molecule has 20 heavy (non-hydrogen) atoms. The van der Waals surface area contributed by atoms with Gasteiger partial charge in [-0.25, -0.2) is 0 Å². The fourth-order valence-corrected chi connectivity index (χ4v) is 1.96. The van der Waals surface area contributed by atoms with E-state index in [1.807, 2.05) is 18.2 Å². The van der Waals surface area contributed by atoms with Crippen LogP contribution in [0.25, 0.3) is 0 Å². The average molecular weight is 279 g/mol. The van der Waals surface area contributed by atoms with Crippen molar-refractivity contribution in [1.29, 1.82) is 0 Å². The second kappa shape index (κ2) is 9.23. The Labute approximate surface area is 121 Å². The summed E-state index contributed by atoms with van der Waals surface area (Å²) in [7, 11) is 3.25. The van der Waals surface area contributed by atoms with Crippen molar-refractivity contribution in [2.45, 2.75) is 39.0 Å². The van der Waals surface area contributed by atoms with Gasteiger partial charge in [0, 0.05) is 19.0 Å². The van der Waals surface area contributed by atoms with Crippen LogP contribution in [0, 0.1) is 0 Å². The number of rotatable bonds is 9. The van der Waals surface area contributed by atoms with Gasteiger partial charge in [-0.1, -0.05) is 19.8 Å². The number of carbonyl (C=O) groups is 1. The van der Waals surface area contributed by atoms with Crippen LogP contribution in [-0.2, 0) is 11.2 Å². The summed E-state index contributed by atoms with van der Waals surface area (Å²) in [6.07, 6.45) is 4.55. The largest absolute Gasteiger partial charge is 0.497 e. The van der Waals surface area contributed by atoms with Gasteiger partial charge in [0.1, 0.15) is 11.5 Å². The number of amides is 1. The fourth-order valence-electron chi connectivity index (χ4n) is 1.96. The first kappa shape index (κ1) is 16.3. The monoisotopic (exact) mass is 279 g/mol. The zero-order valence-corrected chi connectivity index (χ0v) is 12.7. The van der Waals surface area contributed by atoms with E-state index in [1.54, 1.807) is 14.2 Å². The van der Waals surface area contributed by atoms with Crippen LogP contribution in [0.1, 0.15) is 38.2 Å². The van der Waals surface area contributed by atoms with Crippen molar-refractivity contribution in [2.24, 2.45) is 0 Å². The Bertz CT molecular complexity index is 396. The Kier molecular flexibility index (Phi) is 7.55. The molecule has 0 radical (unpaired) electrons. The predicted octanol–water partition coefficient (Wildman–Crippen LogP) is 2.94. The van der Waals surface area contributed by atoms with Gasteiger partial charge in [-0.15, -0.1) is 0 Å². The Morgan fingerprint density at radius 3 is 2.30 bits per heavy atom. The molecule has 0 aliphatic rings. The number of benzene rings is 1. The highest BCUT2D eigenvalue weighted by atomic mass is 16.5. The van der Waals surface area contributed by atoms with Gasteiger partial charge in [-0.3, -0.25) is 4.79 Å². The van der Waals surface area contributed by atoms with E-state index in [-0.39, 0.29) is 5.91 Å². The molecular weight excluding hydrogens is 254 g/mol. The van der Waals surface area contributed by atoms with Crippen LogP contribution >= 0.6 is 0 Å². The Morgan fingerprint density at radius 2 is 1.75 bits per heavy atom. The molecule has 0 unspecified atom stereocenters. The van der Waals surface area contributed by atoms with Gasteiger partial charge >= 0.3 is 0 Å². The van der Waals surface area contributed by atoms with Crippen molar-refractivity contribution in [3.8, 4) is 11.5 Å². The van der Waals surface area contributed by atoms with Gasteiger partial charge in [0.2, 0.25) is 5.91 Å². The molecule has 112 valence electrons. The molecule has 4 heteroatoms. The summed E-state index contributed by atoms with van der Waals surface area (Å²) in [4.78, 5) is 11.7. The molecule has 0 aliphatic heterocycles. The molecule has 0 bridgehead atoms. The Balaban J connectivity index is 2.42. The highest BCUT2D eigenvalue weighted by Crippen LogP contribution is 2.23. The molecule has 1 aromatic rings. The number of nitrogens with one attached hydrogen (secondary N) is 1. The normalized spacial score (nSPS) is 10.2. The molecule has 0 saturated heterocycles. The third kappa shape index (κ3) is 5.95. The fraction of sp³-hybridized carbons (Fsp3) is 0.562. The van der Waals surface area contributed by atoms with Crippen LogP contribution < -0.4 is 14.8 Å². The maximum Gasteiger partial charge on any atom is 0.220 e. The van der Waals surface area contributed by atoms with Gasteiger partial charge in [0.15, 0.2) is 0 Å². The summed E-state index contributed by atoms with van der Waals surface area (Å²) in [6, 6.07) is 5.70. The second-order valence-corrected chi connectivity index (χ2v) is 4.78. The smallest absolute Gasteiger partial charge is 0.220 e. The minimum Gasteiger partial charge on any atom is -0.497 e. The van der Waals surface area contributed by atoms with Crippen molar-refractivity contribution in [1.82, 2.24) is 5.32 Å². The van der Waals surface area contributed by atoms with E-state index in [0.29, 0.717) is 12.8 Å². The third-order valence-electron chi connectivity index (χ3n) is 3.15. The first-order valence-electron chi connectivity index (χ1n) is 7.18. The molecule has 1 rings (SSSR count). The van der Waals surface area contributed by atoms with Gasteiger partial charge < -0.3 is 14.8 Å². The average Bonchev–Trinajstić information content (AvgIpc) is 2.49. The zero-order valence-electron chi connectivity index (χ0n) is 12.7. The lowest BCUT2D eigenvalue weighted by molar-refractivity contribution is -0.121. The molecule has 0 heterocycles. The number of ether oxygens (including phenoxy) is 2. The number of hydrogen-bond donors (Lipinski definition) is 1. The summed E-state index contributed by atoms with van der Waals surface area (Å²) in [5.41, 5.74) is 1.05. The molecule has 0 fully saturated rings. The molecule has 0 spiro atoms. The lowest BCUT2D eigenvalue weighted by atomic mass is 10.1. The summed E-state index contributed by atoms with van der Waals surface area (Å²) >= 11 is 0. The van der Waals surface area contributed by atoms with E-state index in [1.165, 1.54) is 6.42 Å². The molecule has 4 nitrogen and oxygen atoms in total. The SMILES string of the molecule is CCCCCNC(=O)CCc1cc(OC)cc(OC)c1. The Morgan fingerprint density at radius 1 is 1.10 bits per heavy atom. The van der Waals surface area contributed by atoms with Crippen LogP contribution in [0.3, 0.4) is 0 Å². The summed E-state index contributed by atoms with van der Waals surface area (Å²) in [6.45, 7) is 2.92. The van der Waals surface area contributed by atoms with Crippen molar-refractivity contribution in [2.75, 3.05) is 20.8 Å². The van der Waals surface area contributed by atoms with Crippen LogP contribution in [0.2, 0.25) is 0 Å². The number of carbonyl (C=O) groups excluding carboxylic acids is 1. The molecule has 0 aromatic heterocycles. The molecule has 1 amide bonds. The Hall–Kier alpha value is -1.71. The van der Waals surface area contributed by atoms with Gasteiger partial charge in [-0.2, -0.15) is 0 Å². The molecule has 0 saturated carbocycles. The number of hydrogen-bond acceptors (Lipinski definition) is 3. The molecular formula is C16H25NO3. The van der Waals surface area contributed by atoms with E-state index in [2.05, 4.69) is 12.2 Å². The summed E-state index contributed by atoms with van der Waals surface area (Å²) in [5.74, 6) is 1.60. The minimum absolute atomic E-state index is 0.0999. The molecule has 0 atom stereocenters. The van der Waals surface area contributed by atoms with Gasteiger partial charge in [0.25, 0.3) is 0 Å². The lowest BCUT2D eigenvalue weighted by Gasteiger charge is -2.09. The topological polar surface area (TPSA) is 47.6 Å². The molecule has 1 aromatic carbocycles. The first-order valence-corrected chi connectivity index (χ1v) is 7.18. The van der Waals surface area contributed by atoms with Crippen LogP contribution in [0.15, 0.2) is 18.2 Å². The molecule has 1 N–H and O–H groups in total. The number of methoxy groups -OCH3 is 2. The van der Waals surface area contributed by atoms with Crippen molar-refractivity contribution >= 4 is 5.91 Å². The van der Waals surface area contributed by atoms with E-state index in [9.17, 15) is 4.79 Å². The highest BCUT2D eigenvalue weighted by molar-refractivity contribution is 5.76. The predicted molar refractivity (Wildman–Crippen MR) is 80.4 cm³/mol. The molecule has 0 aliphatic carbocycles. The first-order chi connectivity index (χ1) is 9.69. The summed E-state index contributed by atoms with van der Waals surface area (Å²) in [5, 5.41) is 2.94. The van der Waals surface area contributed by atoms with E-state index in [0.717, 1.165) is 36.4 Å². The second-order valence-electron chi connectivity index (χ2n) is 4.78. The van der Waals surface area contributed by atoms with Crippen molar-refractivity contribution in [3.63, 3.8) is 0 Å². The zero-order chi connectivity index (χ0) is 14.8. The van der Waals surface area contributed by atoms with Crippen LogP contribution in [0.4, 0.5) is 0 Å².